The van der Waals surface area contributed by atoms with Gasteiger partial charge in [-0.15, -0.1) is 11.6 Å². The third-order valence-electron chi connectivity index (χ3n) is 3.80. The molecule has 2 saturated carbocycles. The molecular formula is C11H19Cl. The van der Waals surface area contributed by atoms with E-state index in [4.69, 9.17) is 11.6 Å². The summed E-state index contributed by atoms with van der Waals surface area (Å²) in [5.41, 5.74) is 0.594. The third kappa shape index (κ3) is 1.64. The van der Waals surface area contributed by atoms with Gasteiger partial charge in [0.05, 0.1) is 0 Å². The van der Waals surface area contributed by atoms with E-state index in [1.807, 2.05) is 0 Å². The van der Waals surface area contributed by atoms with Crippen LogP contribution in [0.3, 0.4) is 0 Å². The summed E-state index contributed by atoms with van der Waals surface area (Å²) in [7, 11) is 0. The molecule has 12 heavy (non-hydrogen) atoms. The number of hydrogen-bond donors (Lipinski definition) is 0. The molecule has 0 radical (unpaired) electrons. The lowest BCUT2D eigenvalue weighted by Gasteiger charge is -2.41. The van der Waals surface area contributed by atoms with E-state index < -0.39 is 0 Å². The maximum atomic E-state index is 6.60. The molecule has 0 nitrogen and oxygen atoms in total. The Hall–Kier alpha value is 0.290. The summed E-state index contributed by atoms with van der Waals surface area (Å²) in [4.78, 5) is 0.198. The molecule has 0 aliphatic heterocycles. The van der Waals surface area contributed by atoms with Gasteiger partial charge in [-0.1, -0.05) is 26.2 Å². The Morgan fingerprint density at radius 3 is 2.33 bits per heavy atom. The number of hydrogen-bond acceptors (Lipinski definition) is 0. The second-order valence-corrected chi connectivity index (χ2v) is 6.00. The number of alkyl halides is 1. The van der Waals surface area contributed by atoms with Crippen LogP contribution in [0.2, 0.25) is 0 Å². The lowest BCUT2D eigenvalue weighted by atomic mass is 9.69. The molecule has 0 aromatic carbocycles. The summed E-state index contributed by atoms with van der Waals surface area (Å²) in [6.07, 6.45) is 10.8. The summed E-state index contributed by atoms with van der Waals surface area (Å²) in [5.74, 6) is 0. The highest BCUT2D eigenvalue weighted by Crippen LogP contribution is 2.51. The van der Waals surface area contributed by atoms with Crippen LogP contribution in [0.1, 0.15) is 58.3 Å². The van der Waals surface area contributed by atoms with Gasteiger partial charge in [0.2, 0.25) is 0 Å². The Labute approximate surface area is 80.7 Å². The molecule has 0 saturated heterocycles. The van der Waals surface area contributed by atoms with Crippen LogP contribution < -0.4 is 0 Å². The van der Waals surface area contributed by atoms with Crippen molar-refractivity contribution in [3.63, 3.8) is 0 Å². The summed E-state index contributed by atoms with van der Waals surface area (Å²) in [5, 5.41) is 0. The summed E-state index contributed by atoms with van der Waals surface area (Å²) in [6.45, 7) is 2.44. The van der Waals surface area contributed by atoms with Crippen molar-refractivity contribution in [2.24, 2.45) is 5.41 Å². The van der Waals surface area contributed by atoms with E-state index in [1.165, 1.54) is 51.4 Å². The Morgan fingerprint density at radius 2 is 1.50 bits per heavy atom. The van der Waals surface area contributed by atoms with Crippen molar-refractivity contribution in [1.82, 2.24) is 0 Å². The van der Waals surface area contributed by atoms with Crippen molar-refractivity contribution in [2.45, 2.75) is 63.2 Å². The lowest BCUT2D eigenvalue weighted by molar-refractivity contribution is 0.176. The van der Waals surface area contributed by atoms with E-state index in [0.717, 1.165) is 0 Å². The largest absolute Gasteiger partial charge is 0.119 e. The van der Waals surface area contributed by atoms with Crippen molar-refractivity contribution in [3.8, 4) is 0 Å². The molecule has 0 heterocycles. The van der Waals surface area contributed by atoms with Crippen LogP contribution in [0.25, 0.3) is 0 Å². The molecule has 2 atom stereocenters. The van der Waals surface area contributed by atoms with E-state index in [-0.39, 0.29) is 4.87 Å². The van der Waals surface area contributed by atoms with Gasteiger partial charge in [-0.05, 0) is 37.5 Å². The Morgan fingerprint density at radius 1 is 0.917 bits per heavy atom. The fraction of sp³-hybridized carbons (Fsp3) is 1.00. The second kappa shape index (κ2) is 2.90. The first-order valence-electron chi connectivity index (χ1n) is 5.31. The van der Waals surface area contributed by atoms with Crippen molar-refractivity contribution in [2.75, 3.05) is 0 Å². The molecule has 70 valence electrons. The summed E-state index contributed by atoms with van der Waals surface area (Å²) in [6, 6.07) is 0. The fourth-order valence-electron chi connectivity index (χ4n) is 3.19. The number of rotatable bonds is 0. The summed E-state index contributed by atoms with van der Waals surface area (Å²) >= 11 is 6.60. The van der Waals surface area contributed by atoms with Crippen LogP contribution in [0.15, 0.2) is 0 Å². The molecular weight excluding hydrogens is 168 g/mol. The van der Waals surface area contributed by atoms with Gasteiger partial charge in [0.1, 0.15) is 0 Å². The molecule has 1 heteroatoms. The van der Waals surface area contributed by atoms with E-state index in [9.17, 15) is 0 Å². The predicted molar refractivity (Wildman–Crippen MR) is 53.6 cm³/mol. The highest BCUT2D eigenvalue weighted by atomic mass is 35.5. The second-order valence-electron chi connectivity index (χ2n) is 5.20. The minimum absolute atomic E-state index is 0.198. The Balaban J connectivity index is 2.17. The van der Waals surface area contributed by atoms with Gasteiger partial charge in [0.25, 0.3) is 0 Å². The third-order valence-corrected chi connectivity index (χ3v) is 4.32. The van der Waals surface area contributed by atoms with Crippen LogP contribution in [-0.4, -0.2) is 4.87 Å². The van der Waals surface area contributed by atoms with E-state index >= 15 is 0 Å². The molecule has 0 N–H and O–H groups in total. The minimum atomic E-state index is 0.198. The molecule has 0 aromatic rings. The average molecular weight is 187 g/mol. The molecule has 2 rings (SSSR count). The number of halogens is 1. The fourth-order valence-corrected chi connectivity index (χ4v) is 3.78. The topological polar surface area (TPSA) is 0 Å². The standard InChI is InChI=1S/C11H19Cl/c1-10-5-2-3-7-11(12,9-10)8-4-6-10/h2-9H2,1H3/t10-,11+/m0/s1. The van der Waals surface area contributed by atoms with Gasteiger partial charge in [0, 0.05) is 4.87 Å². The Kier molecular flexibility index (Phi) is 2.15. The van der Waals surface area contributed by atoms with Gasteiger partial charge in [-0.3, -0.25) is 0 Å². The normalized spacial score (nSPS) is 48.5. The molecule has 2 bridgehead atoms. The summed E-state index contributed by atoms with van der Waals surface area (Å²) < 4.78 is 0. The molecule has 2 aliphatic carbocycles. The van der Waals surface area contributed by atoms with Crippen molar-refractivity contribution in [1.29, 1.82) is 0 Å². The quantitative estimate of drug-likeness (QED) is 0.500. The average Bonchev–Trinajstić information content (AvgIpc) is 2.06. The molecule has 0 amide bonds. The molecule has 0 aromatic heterocycles. The zero-order valence-corrected chi connectivity index (χ0v) is 8.79. The number of fused-ring (bicyclic) bond motifs is 2. The smallest absolute Gasteiger partial charge is 0.0452 e. The van der Waals surface area contributed by atoms with Gasteiger partial charge >= 0.3 is 0 Å². The SMILES string of the molecule is C[C@]12CCCC[C@@](Cl)(CCC1)C2. The van der Waals surface area contributed by atoms with Gasteiger partial charge in [0.15, 0.2) is 0 Å². The highest BCUT2D eigenvalue weighted by molar-refractivity contribution is 6.24. The maximum Gasteiger partial charge on any atom is 0.0452 e. The lowest BCUT2D eigenvalue weighted by Crippen LogP contribution is -2.33. The van der Waals surface area contributed by atoms with Crippen LogP contribution in [0.4, 0.5) is 0 Å². The first-order chi connectivity index (χ1) is 5.62. The van der Waals surface area contributed by atoms with Crippen LogP contribution in [-0.2, 0) is 0 Å². The minimum Gasteiger partial charge on any atom is -0.119 e. The van der Waals surface area contributed by atoms with Crippen molar-refractivity contribution in [3.05, 3.63) is 0 Å². The highest BCUT2D eigenvalue weighted by Gasteiger charge is 2.42. The molecule has 2 aliphatic rings. The van der Waals surface area contributed by atoms with Gasteiger partial charge < -0.3 is 0 Å². The first kappa shape index (κ1) is 8.87. The zero-order chi connectivity index (χ0) is 8.66. The van der Waals surface area contributed by atoms with Crippen LogP contribution >= 0.6 is 11.6 Å². The van der Waals surface area contributed by atoms with Crippen molar-refractivity contribution < 1.29 is 0 Å². The Bertz CT molecular complexity index is 160. The van der Waals surface area contributed by atoms with Crippen LogP contribution in [0.5, 0.6) is 0 Å². The van der Waals surface area contributed by atoms with E-state index in [1.54, 1.807) is 0 Å². The van der Waals surface area contributed by atoms with E-state index in [2.05, 4.69) is 6.92 Å². The maximum absolute atomic E-state index is 6.60. The van der Waals surface area contributed by atoms with Gasteiger partial charge in [-0.25, -0.2) is 0 Å². The predicted octanol–water partition coefficient (Wildman–Crippen LogP) is 4.12. The van der Waals surface area contributed by atoms with Crippen molar-refractivity contribution >= 4 is 11.6 Å². The monoisotopic (exact) mass is 186 g/mol. The zero-order valence-electron chi connectivity index (χ0n) is 8.03. The molecule has 0 spiro atoms. The molecule has 0 unspecified atom stereocenters. The van der Waals surface area contributed by atoms with Gasteiger partial charge in [-0.2, -0.15) is 0 Å². The van der Waals surface area contributed by atoms with E-state index in [0.29, 0.717) is 5.41 Å². The molecule has 2 fully saturated rings. The van der Waals surface area contributed by atoms with Crippen LogP contribution in [0, 0.1) is 5.41 Å². The first-order valence-corrected chi connectivity index (χ1v) is 5.69.